The van der Waals surface area contributed by atoms with Crippen LogP contribution in [0.4, 0.5) is 5.69 Å². The van der Waals surface area contributed by atoms with Crippen molar-refractivity contribution in [2.45, 2.75) is 0 Å². The van der Waals surface area contributed by atoms with Crippen molar-refractivity contribution in [1.82, 2.24) is 9.47 Å². The fraction of sp³-hybridized carbons (Fsp3) is 0.333. The highest BCUT2D eigenvalue weighted by atomic mass is 16.5. The zero-order valence-electron chi connectivity index (χ0n) is 11.8. The van der Waals surface area contributed by atoms with Crippen LogP contribution >= 0.6 is 0 Å². The third-order valence-electron chi connectivity index (χ3n) is 3.78. The van der Waals surface area contributed by atoms with Crippen LogP contribution in [0.15, 0.2) is 29.2 Å². The Kier molecular flexibility index (Phi) is 3.39. The molecule has 0 bridgehead atoms. The quantitative estimate of drug-likeness (QED) is 0.779. The summed E-state index contributed by atoms with van der Waals surface area (Å²) in [5, 5.41) is 0.402. The first-order chi connectivity index (χ1) is 10.1. The number of nitrogen functional groups attached to an aromatic ring is 1. The Morgan fingerprint density at radius 3 is 2.71 bits per heavy atom. The molecule has 0 aliphatic carbocycles. The molecular weight excluding hydrogens is 270 g/mol. The number of amides is 1. The molecule has 21 heavy (non-hydrogen) atoms. The van der Waals surface area contributed by atoms with E-state index in [1.54, 1.807) is 34.8 Å². The van der Waals surface area contributed by atoms with Gasteiger partial charge in [0.25, 0.3) is 5.91 Å². The summed E-state index contributed by atoms with van der Waals surface area (Å²) in [6.45, 7) is 2.01. The largest absolute Gasteiger partial charge is 0.398 e. The van der Waals surface area contributed by atoms with Crippen LogP contribution in [-0.4, -0.2) is 41.7 Å². The van der Waals surface area contributed by atoms with Gasteiger partial charge in [-0.15, -0.1) is 0 Å². The number of carbonyl (C=O) groups is 1. The number of rotatable bonds is 1. The van der Waals surface area contributed by atoms with E-state index in [0.29, 0.717) is 37.4 Å². The minimum Gasteiger partial charge on any atom is -0.398 e. The second-order valence-electron chi connectivity index (χ2n) is 5.13. The summed E-state index contributed by atoms with van der Waals surface area (Å²) in [5.74, 6) is -0.260. The third kappa shape index (κ3) is 2.27. The molecule has 6 heteroatoms. The van der Waals surface area contributed by atoms with Crippen molar-refractivity contribution in [1.29, 1.82) is 0 Å². The van der Waals surface area contributed by atoms with Gasteiger partial charge in [-0.05, 0) is 12.1 Å². The van der Waals surface area contributed by atoms with Gasteiger partial charge in [0.05, 0.1) is 24.1 Å². The molecule has 6 nitrogen and oxygen atoms in total. The van der Waals surface area contributed by atoms with E-state index in [2.05, 4.69) is 0 Å². The van der Waals surface area contributed by atoms with Crippen LogP contribution in [0.3, 0.4) is 0 Å². The van der Waals surface area contributed by atoms with Crippen molar-refractivity contribution < 1.29 is 9.53 Å². The van der Waals surface area contributed by atoms with E-state index in [1.807, 2.05) is 6.07 Å². The Bertz CT molecular complexity index is 761. The lowest BCUT2D eigenvalue weighted by Gasteiger charge is -2.27. The molecule has 1 amide bonds. The van der Waals surface area contributed by atoms with E-state index in [4.69, 9.17) is 10.5 Å². The molecule has 0 spiro atoms. The van der Waals surface area contributed by atoms with E-state index in [1.165, 1.54) is 0 Å². The fourth-order valence-electron chi connectivity index (χ4n) is 2.64. The molecule has 110 valence electrons. The summed E-state index contributed by atoms with van der Waals surface area (Å²) in [6, 6.07) is 5.28. The Morgan fingerprint density at radius 1 is 1.29 bits per heavy atom. The number of morpholine rings is 1. The average molecular weight is 287 g/mol. The predicted molar refractivity (Wildman–Crippen MR) is 80.3 cm³/mol. The zero-order chi connectivity index (χ0) is 15.0. The Morgan fingerprint density at radius 2 is 2.00 bits per heavy atom. The maximum atomic E-state index is 12.6. The number of hydrogen-bond acceptors (Lipinski definition) is 4. The van der Waals surface area contributed by atoms with Gasteiger partial charge in [0.1, 0.15) is 5.56 Å². The van der Waals surface area contributed by atoms with Gasteiger partial charge in [-0.3, -0.25) is 9.59 Å². The second-order valence-corrected chi connectivity index (χ2v) is 5.13. The molecule has 0 saturated carbocycles. The molecule has 1 aliphatic heterocycles. The molecule has 2 heterocycles. The summed E-state index contributed by atoms with van der Waals surface area (Å²) in [4.78, 5) is 26.8. The molecule has 2 N–H and O–H groups in total. The van der Waals surface area contributed by atoms with Gasteiger partial charge in [-0.2, -0.15) is 0 Å². The standard InChI is InChI=1S/C15H17N3O3/c1-17-9-10(15(20)18-5-7-21-8-6-18)14(19)13-11(16)3-2-4-12(13)17/h2-4,9H,5-8,16H2,1H3. The molecule has 1 aromatic carbocycles. The number of aryl methyl sites for hydroxylation is 1. The molecule has 0 unspecified atom stereocenters. The van der Waals surface area contributed by atoms with E-state index >= 15 is 0 Å². The van der Waals surface area contributed by atoms with Gasteiger partial charge < -0.3 is 19.9 Å². The highest BCUT2D eigenvalue weighted by Gasteiger charge is 2.22. The number of aromatic nitrogens is 1. The Balaban J connectivity index is 2.15. The number of anilines is 1. The summed E-state index contributed by atoms with van der Waals surface area (Å²) in [5.41, 5.74) is 6.88. The number of pyridine rings is 1. The molecular formula is C15H17N3O3. The number of carbonyl (C=O) groups excluding carboxylic acids is 1. The van der Waals surface area contributed by atoms with Gasteiger partial charge in [-0.1, -0.05) is 6.07 Å². The van der Waals surface area contributed by atoms with Crippen molar-refractivity contribution in [3.63, 3.8) is 0 Å². The first-order valence-electron chi connectivity index (χ1n) is 6.84. The Hall–Kier alpha value is -2.34. The van der Waals surface area contributed by atoms with Gasteiger partial charge in [-0.25, -0.2) is 0 Å². The van der Waals surface area contributed by atoms with Crippen LogP contribution in [0, 0.1) is 0 Å². The van der Waals surface area contributed by atoms with Gasteiger partial charge in [0.2, 0.25) is 5.43 Å². The van der Waals surface area contributed by atoms with Crippen molar-refractivity contribution >= 4 is 22.5 Å². The SMILES string of the molecule is Cn1cc(C(=O)N2CCOCC2)c(=O)c2c(N)cccc21. The number of fused-ring (bicyclic) bond motifs is 1. The summed E-state index contributed by atoms with van der Waals surface area (Å²) >= 11 is 0. The first kappa shape index (κ1) is 13.6. The van der Waals surface area contributed by atoms with Crippen LogP contribution < -0.4 is 11.2 Å². The van der Waals surface area contributed by atoms with E-state index in [9.17, 15) is 9.59 Å². The number of hydrogen-bond donors (Lipinski definition) is 1. The molecule has 0 radical (unpaired) electrons. The topological polar surface area (TPSA) is 77.6 Å². The van der Waals surface area contributed by atoms with Crippen LogP contribution in [0.1, 0.15) is 10.4 Å². The molecule has 3 rings (SSSR count). The Labute approximate surface area is 121 Å². The summed E-state index contributed by atoms with van der Waals surface area (Å²) in [7, 11) is 1.80. The smallest absolute Gasteiger partial charge is 0.259 e. The number of ether oxygens (including phenoxy) is 1. The highest BCUT2D eigenvalue weighted by Crippen LogP contribution is 2.18. The minimum absolute atomic E-state index is 0.157. The van der Waals surface area contributed by atoms with Crippen molar-refractivity contribution in [2.24, 2.45) is 7.05 Å². The van der Waals surface area contributed by atoms with Gasteiger partial charge >= 0.3 is 0 Å². The average Bonchev–Trinajstić information content (AvgIpc) is 2.51. The highest BCUT2D eigenvalue weighted by molar-refractivity contribution is 6.00. The van der Waals surface area contributed by atoms with E-state index < -0.39 is 0 Å². The number of nitrogens with two attached hydrogens (primary N) is 1. The van der Waals surface area contributed by atoms with Crippen LogP contribution in [0.2, 0.25) is 0 Å². The molecule has 1 aromatic heterocycles. The lowest BCUT2D eigenvalue weighted by Crippen LogP contribution is -2.42. The molecule has 1 fully saturated rings. The summed E-state index contributed by atoms with van der Waals surface area (Å²) in [6.07, 6.45) is 1.59. The molecule has 0 atom stereocenters. The minimum atomic E-state index is -0.308. The third-order valence-corrected chi connectivity index (χ3v) is 3.78. The maximum absolute atomic E-state index is 12.6. The second kappa shape index (κ2) is 5.21. The zero-order valence-corrected chi connectivity index (χ0v) is 11.8. The molecule has 1 saturated heterocycles. The van der Waals surface area contributed by atoms with Crippen molar-refractivity contribution in [3.05, 3.63) is 40.2 Å². The van der Waals surface area contributed by atoms with Gasteiger partial charge in [0, 0.05) is 32.0 Å². The van der Waals surface area contributed by atoms with Gasteiger partial charge in [0.15, 0.2) is 0 Å². The van der Waals surface area contributed by atoms with E-state index in [0.717, 1.165) is 5.52 Å². The van der Waals surface area contributed by atoms with Crippen molar-refractivity contribution in [2.75, 3.05) is 32.0 Å². The number of benzene rings is 1. The fourth-order valence-corrected chi connectivity index (χ4v) is 2.64. The first-order valence-corrected chi connectivity index (χ1v) is 6.84. The molecule has 1 aliphatic rings. The van der Waals surface area contributed by atoms with Crippen LogP contribution in [0.5, 0.6) is 0 Å². The van der Waals surface area contributed by atoms with Crippen LogP contribution in [0.25, 0.3) is 10.9 Å². The normalized spacial score (nSPS) is 15.4. The predicted octanol–water partition coefficient (Wildman–Crippen LogP) is 0.593. The number of nitrogens with zero attached hydrogens (tertiary/aromatic N) is 2. The molecule has 2 aromatic rings. The van der Waals surface area contributed by atoms with Crippen LogP contribution in [-0.2, 0) is 11.8 Å². The maximum Gasteiger partial charge on any atom is 0.259 e. The van der Waals surface area contributed by atoms with Crippen molar-refractivity contribution in [3.8, 4) is 0 Å². The monoisotopic (exact) mass is 287 g/mol. The van der Waals surface area contributed by atoms with E-state index in [-0.39, 0.29) is 16.9 Å². The lowest BCUT2D eigenvalue weighted by molar-refractivity contribution is 0.0301. The summed E-state index contributed by atoms with van der Waals surface area (Å²) < 4.78 is 7.00. The lowest BCUT2D eigenvalue weighted by atomic mass is 10.1.